The molecule has 0 saturated carbocycles. The Kier molecular flexibility index (Phi) is 4.08. The highest BCUT2D eigenvalue weighted by molar-refractivity contribution is 9.10. The van der Waals surface area contributed by atoms with Crippen molar-refractivity contribution in [1.82, 2.24) is 4.98 Å². The van der Waals surface area contributed by atoms with Crippen molar-refractivity contribution in [2.24, 2.45) is 0 Å². The summed E-state index contributed by atoms with van der Waals surface area (Å²) in [6, 6.07) is 7.37. The largest absolute Gasteiger partial charge is 0.416 e. The van der Waals surface area contributed by atoms with Gasteiger partial charge in [0.05, 0.1) is 5.56 Å². The molecule has 0 bridgehead atoms. The standard InChI is InChI=1S/C13H8BrF3N2O/c14-9-5-6-18-11(7-9)12(20)19-10-3-1-8(2-4-10)13(15,16)17/h1-7H,(H,19,20). The van der Waals surface area contributed by atoms with Gasteiger partial charge in [-0.2, -0.15) is 13.2 Å². The Morgan fingerprint density at radius 2 is 1.80 bits per heavy atom. The molecular formula is C13H8BrF3N2O. The van der Waals surface area contributed by atoms with Gasteiger partial charge >= 0.3 is 6.18 Å². The summed E-state index contributed by atoms with van der Waals surface area (Å²) in [7, 11) is 0. The maximum Gasteiger partial charge on any atom is 0.416 e. The van der Waals surface area contributed by atoms with Gasteiger partial charge in [-0.25, -0.2) is 0 Å². The van der Waals surface area contributed by atoms with E-state index in [0.717, 1.165) is 12.1 Å². The second-order valence-electron chi connectivity index (χ2n) is 3.89. The highest BCUT2D eigenvalue weighted by Gasteiger charge is 2.29. The molecule has 20 heavy (non-hydrogen) atoms. The number of hydrogen-bond donors (Lipinski definition) is 1. The number of pyridine rings is 1. The van der Waals surface area contributed by atoms with Gasteiger partial charge in [-0.3, -0.25) is 9.78 Å². The van der Waals surface area contributed by atoms with Gasteiger partial charge in [-0.15, -0.1) is 0 Å². The number of alkyl halides is 3. The average molecular weight is 345 g/mol. The van der Waals surface area contributed by atoms with Gasteiger partial charge in [0.15, 0.2) is 0 Å². The summed E-state index contributed by atoms with van der Waals surface area (Å²) in [5.74, 6) is -0.494. The van der Waals surface area contributed by atoms with Crippen LogP contribution in [-0.2, 0) is 6.18 Å². The normalized spacial score (nSPS) is 11.2. The number of carbonyl (C=O) groups excluding carboxylic acids is 1. The second-order valence-corrected chi connectivity index (χ2v) is 4.80. The van der Waals surface area contributed by atoms with Gasteiger partial charge in [-0.1, -0.05) is 15.9 Å². The quantitative estimate of drug-likeness (QED) is 0.890. The molecule has 2 rings (SSSR count). The molecule has 0 aliphatic carbocycles. The van der Waals surface area contributed by atoms with E-state index < -0.39 is 17.6 Å². The minimum absolute atomic E-state index is 0.166. The fourth-order valence-corrected chi connectivity index (χ4v) is 1.80. The van der Waals surface area contributed by atoms with E-state index in [1.807, 2.05) is 0 Å². The van der Waals surface area contributed by atoms with E-state index in [2.05, 4.69) is 26.2 Å². The number of nitrogens with zero attached hydrogens (tertiary/aromatic N) is 1. The summed E-state index contributed by atoms with van der Waals surface area (Å²) in [6.07, 6.45) is -2.94. The molecule has 1 N–H and O–H groups in total. The summed E-state index contributed by atoms with van der Waals surface area (Å²) >= 11 is 3.20. The first-order valence-electron chi connectivity index (χ1n) is 5.46. The van der Waals surface area contributed by atoms with Gasteiger partial charge < -0.3 is 5.32 Å². The van der Waals surface area contributed by atoms with Gasteiger partial charge in [0, 0.05) is 16.4 Å². The van der Waals surface area contributed by atoms with Crippen molar-refractivity contribution < 1.29 is 18.0 Å². The summed E-state index contributed by atoms with van der Waals surface area (Å²) < 4.78 is 37.9. The monoisotopic (exact) mass is 344 g/mol. The molecule has 0 atom stereocenters. The number of benzene rings is 1. The zero-order chi connectivity index (χ0) is 14.8. The van der Waals surface area contributed by atoms with Crippen LogP contribution in [0.2, 0.25) is 0 Å². The molecule has 0 unspecified atom stereocenters. The minimum Gasteiger partial charge on any atom is -0.321 e. The van der Waals surface area contributed by atoms with Crippen molar-refractivity contribution in [2.45, 2.75) is 6.18 Å². The topological polar surface area (TPSA) is 42.0 Å². The van der Waals surface area contributed by atoms with Crippen LogP contribution in [0.1, 0.15) is 16.1 Å². The van der Waals surface area contributed by atoms with Gasteiger partial charge in [-0.05, 0) is 36.4 Å². The molecule has 1 amide bonds. The summed E-state index contributed by atoms with van der Waals surface area (Å²) in [4.78, 5) is 15.7. The van der Waals surface area contributed by atoms with Crippen LogP contribution in [0, 0.1) is 0 Å². The molecule has 7 heteroatoms. The molecule has 0 fully saturated rings. The Morgan fingerprint density at radius 3 is 2.35 bits per heavy atom. The Labute approximate surface area is 121 Å². The molecule has 0 aliphatic rings. The molecule has 0 saturated heterocycles. The highest BCUT2D eigenvalue weighted by atomic mass is 79.9. The van der Waals surface area contributed by atoms with Crippen molar-refractivity contribution in [3.63, 3.8) is 0 Å². The van der Waals surface area contributed by atoms with Gasteiger partial charge in [0.1, 0.15) is 5.69 Å². The molecule has 0 spiro atoms. The summed E-state index contributed by atoms with van der Waals surface area (Å²) in [6.45, 7) is 0. The zero-order valence-electron chi connectivity index (χ0n) is 9.91. The van der Waals surface area contributed by atoms with Crippen LogP contribution in [0.3, 0.4) is 0 Å². The Hall–Kier alpha value is -1.89. The van der Waals surface area contributed by atoms with E-state index in [1.54, 1.807) is 6.07 Å². The summed E-state index contributed by atoms with van der Waals surface area (Å²) in [5, 5.41) is 2.47. The average Bonchev–Trinajstić information content (AvgIpc) is 2.38. The third-order valence-electron chi connectivity index (χ3n) is 2.42. The first-order valence-corrected chi connectivity index (χ1v) is 6.26. The number of rotatable bonds is 2. The number of aromatic nitrogens is 1. The fourth-order valence-electron chi connectivity index (χ4n) is 1.47. The number of anilines is 1. The smallest absolute Gasteiger partial charge is 0.321 e. The van der Waals surface area contributed by atoms with Gasteiger partial charge in [0.25, 0.3) is 5.91 Å². The van der Waals surface area contributed by atoms with Gasteiger partial charge in [0.2, 0.25) is 0 Å². The number of carbonyl (C=O) groups is 1. The van der Waals surface area contributed by atoms with E-state index in [9.17, 15) is 18.0 Å². The highest BCUT2D eigenvalue weighted by Crippen LogP contribution is 2.29. The molecule has 0 aliphatic heterocycles. The lowest BCUT2D eigenvalue weighted by molar-refractivity contribution is -0.137. The summed E-state index contributed by atoms with van der Waals surface area (Å²) in [5.41, 5.74) is -0.333. The minimum atomic E-state index is -4.39. The van der Waals surface area contributed by atoms with Crippen LogP contribution < -0.4 is 5.32 Å². The van der Waals surface area contributed by atoms with Crippen molar-refractivity contribution in [1.29, 1.82) is 0 Å². The zero-order valence-corrected chi connectivity index (χ0v) is 11.5. The lowest BCUT2D eigenvalue weighted by Gasteiger charge is -2.08. The number of nitrogens with one attached hydrogen (secondary N) is 1. The van der Waals surface area contributed by atoms with Crippen LogP contribution in [-0.4, -0.2) is 10.9 Å². The SMILES string of the molecule is O=C(Nc1ccc(C(F)(F)F)cc1)c1cc(Br)ccn1. The lowest BCUT2D eigenvalue weighted by atomic mass is 10.2. The predicted octanol–water partition coefficient (Wildman–Crippen LogP) is 4.12. The first kappa shape index (κ1) is 14.5. The Bertz CT molecular complexity index is 626. The van der Waals surface area contributed by atoms with E-state index >= 15 is 0 Å². The van der Waals surface area contributed by atoms with Crippen molar-refractivity contribution in [3.05, 3.63) is 58.3 Å². The Morgan fingerprint density at radius 1 is 1.15 bits per heavy atom. The lowest BCUT2D eigenvalue weighted by Crippen LogP contribution is -2.13. The van der Waals surface area contributed by atoms with Crippen molar-refractivity contribution in [2.75, 3.05) is 5.32 Å². The fraction of sp³-hybridized carbons (Fsp3) is 0.0769. The van der Waals surface area contributed by atoms with Crippen molar-refractivity contribution >= 4 is 27.5 Å². The number of halogens is 4. The van der Waals surface area contributed by atoms with Crippen LogP contribution in [0.4, 0.5) is 18.9 Å². The number of amides is 1. The maximum absolute atomic E-state index is 12.4. The second kappa shape index (κ2) is 5.62. The van der Waals surface area contributed by atoms with E-state index in [-0.39, 0.29) is 11.4 Å². The Balaban J connectivity index is 2.12. The van der Waals surface area contributed by atoms with Crippen molar-refractivity contribution in [3.8, 4) is 0 Å². The third-order valence-corrected chi connectivity index (χ3v) is 2.92. The molecule has 2 aromatic rings. The van der Waals surface area contributed by atoms with E-state index in [1.165, 1.54) is 24.4 Å². The molecule has 104 valence electrons. The molecule has 0 radical (unpaired) electrons. The molecule has 1 aromatic heterocycles. The van der Waals surface area contributed by atoms with Crippen LogP contribution in [0.25, 0.3) is 0 Å². The maximum atomic E-state index is 12.4. The molecule has 1 heterocycles. The van der Waals surface area contributed by atoms with E-state index in [0.29, 0.717) is 4.47 Å². The first-order chi connectivity index (χ1) is 9.36. The molecular weight excluding hydrogens is 337 g/mol. The predicted molar refractivity (Wildman–Crippen MR) is 71.3 cm³/mol. The van der Waals surface area contributed by atoms with Crippen LogP contribution in [0.5, 0.6) is 0 Å². The third kappa shape index (κ3) is 3.57. The van der Waals surface area contributed by atoms with E-state index in [4.69, 9.17) is 0 Å². The molecule has 1 aromatic carbocycles. The van der Waals surface area contributed by atoms with Crippen LogP contribution >= 0.6 is 15.9 Å². The van der Waals surface area contributed by atoms with Crippen LogP contribution in [0.15, 0.2) is 47.1 Å². The molecule has 3 nitrogen and oxygen atoms in total. The number of hydrogen-bond acceptors (Lipinski definition) is 2.